The van der Waals surface area contributed by atoms with E-state index in [1.165, 1.54) is 13.3 Å². The number of nitrogens with zero attached hydrogens (tertiary/aromatic N) is 2. The fourth-order valence-corrected chi connectivity index (χ4v) is 3.72. The molecule has 4 aromatic rings. The Balaban J connectivity index is 1.57. The minimum absolute atomic E-state index is 0.254. The maximum atomic E-state index is 13.2. The number of nitrogens with one attached hydrogen (secondary N) is 4. The molecule has 4 rings (SSSR count). The molecule has 4 N–H and O–H groups in total. The molecule has 38 heavy (non-hydrogen) atoms. The van der Waals surface area contributed by atoms with E-state index in [1.54, 1.807) is 84.4 Å². The molecule has 0 fully saturated rings. The van der Waals surface area contributed by atoms with E-state index in [9.17, 15) is 14.4 Å². The third-order valence-corrected chi connectivity index (χ3v) is 5.65. The standard InChI is InChI=1S/C27H25ClN6O4/c1-3-29-27(37)33-24-15-22(31-18-8-6-17(28)7-9-18)21(16-30-24)25(35)32-19-10-12-20(13-11-19)34-14-4-5-23(34)26(36)38-2/h4-16H,3H2,1-2H3,(H,32,35)(H3,29,30,31,33,37). The van der Waals surface area contributed by atoms with Crippen LogP contribution in [0.5, 0.6) is 0 Å². The van der Waals surface area contributed by atoms with Crippen molar-refractivity contribution in [2.75, 3.05) is 29.6 Å². The first kappa shape index (κ1) is 26.2. The van der Waals surface area contributed by atoms with Gasteiger partial charge in [0.2, 0.25) is 0 Å². The molecule has 3 amide bonds. The van der Waals surface area contributed by atoms with E-state index in [2.05, 4.69) is 26.3 Å². The normalized spacial score (nSPS) is 10.4. The number of pyridine rings is 1. The number of methoxy groups -OCH3 is 1. The Bertz CT molecular complexity index is 1450. The molecular weight excluding hydrogens is 508 g/mol. The fraction of sp³-hybridized carbons (Fsp3) is 0.111. The zero-order chi connectivity index (χ0) is 27.1. The van der Waals surface area contributed by atoms with Crippen LogP contribution in [0.15, 0.2) is 79.1 Å². The molecule has 0 unspecified atom stereocenters. The molecule has 2 heterocycles. The zero-order valence-electron chi connectivity index (χ0n) is 20.6. The van der Waals surface area contributed by atoms with Crippen LogP contribution < -0.4 is 21.3 Å². The van der Waals surface area contributed by atoms with Crippen LogP contribution in [0.1, 0.15) is 27.8 Å². The molecule has 10 nitrogen and oxygen atoms in total. The van der Waals surface area contributed by atoms with E-state index < -0.39 is 17.9 Å². The summed E-state index contributed by atoms with van der Waals surface area (Å²) in [5.74, 6) is -0.602. The first-order valence-electron chi connectivity index (χ1n) is 11.6. The number of hydrogen-bond donors (Lipinski definition) is 4. The highest BCUT2D eigenvalue weighted by molar-refractivity contribution is 6.30. The van der Waals surface area contributed by atoms with Crippen molar-refractivity contribution in [3.63, 3.8) is 0 Å². The Morgan fingerprint density at radius 3 is 2.37 bits per heavy atom. The van der Waals surface area contributed by atoms with Crippen LogP contribution in [0, 0.1) is 0 Å². The van der Waals surface area contributed by atoms with Gasteiger partial charge < -0.3 is 25.3 Å². The van der Waals surface area contributed by atoms with Gasteiger partial charge in [-0.15, -0.1) is 0 Å². The van der Waals surface area contributed by atoms with E-state index in [1.807, 2.05) is 0 Å². The van der Waals surface area contributed by atoms with Gasteiger partial charge in [0.15, 0.2) is 0 Å². The van der Waals surface area contributed by atoms with Gasteiger partial charge in [-0.05, 0) is 67.6 Å². The predicted molar refractivity (Wildman–Crippen MR) is 147 cm³/mol. The minimum atomic E-state index is -0.453. The van der Waals surface area contributed by atoms with Gasteiger partial charge in [0.25, 0.3) is 5.91 Å². The molecule has 0 atom stereocenters. The summed E-state index contributed by atoms with van der Waals surface area (Å²) < 4.78 is 6.51. The Morgan fingerprint density at radius 2 is 1.68 bits per heavy atom. The lowest BCUT2D eigenvalue weighted by molar-refractivity contribution is 0.0591. The average Bonchev–Trinajstić information content (AvgIpc) is 3.40. The number of anilines is 4. The number of aromatic nitrogens is 2. The molecule has 0 aliphatic rings. The van der Waals surface area contributed by atoms with Gasteiger partial charge in [0.1, 0.15) is 11.5 Å². The third kappa shape index (κ3) is 6.29. The van der Waals surface area contributed by atoms with Crippen molar-refractivity contribution in [1.29, 1.82) is 0 Å². The summed E-state index contributed by atoms with van der Waals surface area (Å²) in [6.07, 6.45) is 3.13. The van der Waals surface area contributed by atoms with Crippen molar-refractivity contribution in [3.05, 3.63) is 95.4 Å². The first-order chi connectivity index (χ1) is 18.4. The Hall–Kier alpha value is -4.83. The van der Waals surface area contributed by atoms with E-state index in [-0.39, 0.29) is 11.4 Å². The van der Waals surface area contributed by atoms with Crippen molar-refractivity contribution in [2.45, 2.75) is 6.92 Å². The molecule has 0 aliphatic heterocycles. The van der Waals surface area contributed by atoms with E-state index in [4.69, 9.17) is 16.3 Å². The van der Waals surface area contributed by atoms with Crippen LogP contribution in [0.25, 0.3) is 5.69 Å². The summed E-state index contributed by atoms with van der Waals surface area (Å²) in [5, 5.41) is 11.9. The van der Waals surface area contributed by atoms with Gasteiger partial charge in [-0.2, -0.15) is 0 Å². The molecule has 2 aromatic heterocycles. The predicted octanol–water partition coefficient (Wildman–Crippen LogP) is 5.45. The second-order valence-electron chi connectivity index (χ2n) is 7.99. The summed E-state index contributed by atoms with van der Waals surface area (Å²) in [4.78, 5) is 41.4. The lowest BCUT2D eigenvalue weighted by Crippen LogP contribution is -2.28. The highest BCUT2D eigenvalue weighted by atomic mass is 35.5. The number of halogens is 1. The Morgan fingerprint density at radius 1 is 0.974 bits per heavy atom. The first-order valence-corrected chi connectivity index (χ1v) is 12.0. The van der Waals surface area contributed by atoms with Crippen LogP contribution in [-0.4, -0.2) is 41.1 Å². The summed E-state index contributed by atoms with van der Waals surface area (Å²) in [6.45, 7) is 2.26. The number of esters is 1. The maximum Gasteiger partial charge on any atom is 0.355 e. The Kier molecular flexibility index (Phi) is 8.24. The second-order valence-corrected chi connectivity index (χ2v) is 8.42. The number of ether oxygens (including phenoxy) is 1. The molecule has 0 spiro atoms. The van der Waals surface area contributed by atoms with Gasteiger partial charge in [0, 0.05) is 47.1 Å². The summed E-state index contributed by atoms with van der Waals surface area (Å²) in [5.41, 5.74) is 3.02. The monoisotopic (exact) mass is 532 g/mol. The number of carbonyl (C=O) groups excluding carboxylic acids is 3. The SMILES string of the molecule is CCNC(=O)Nc1cc(Nc2ccc(Cl)cc2)c(C(=O)Nc2ccc(-n3cccc3C(=O)OC)cc2)cn1. The molecule has 0 radical (unpaired) electrons. The van der Waals surface area contributed by atoms with Crippen molar-refractivity contribution < 1.29 is 19.1 Å². The van der Waals surface area contributed by atoms with Crippen molar-refractivity contribution in [2.24, 2.45) is 0 Å². The van der Waals surface area contributed by atoms with Gasteiger partial charge in [-0.1, -0.05) is 11.6 Å². The molecule has 194 valence electrons. The van der Waals surface area contributed by atoms with Gasteiger partial charge in [-0.3, -0.25) is 10.1 Å². The highest BCUT2D eigenvalue weighted by Crippen LogP contribution is 2.26. The molecule has 0 bridgehead atoms. The molecule has 0 saturated carbocycles. The average molecular weight is 533 g/mol. The molecular formula is C27H25ClN6O4. The lowest BCUT2D eigenvalue weighted by Gasteiger charge is -2.15. The smallest absolute Gasteiger partial charge is 0.355 e. The van der Waals surface area contributed by atoms with Crippen LogP contribution in [-0.2, 0) is 4.74 Å². The number of rotatable bonds is 8. The third-order valence-electron chi connectivity index (χ3n) is 5.40. The largest absolute Gasteiger partial charge is 0.464 e. The van der Waals surface area contributed by atoms with Crippen molar-refractivity contribution >= 4 is 52.4 Å². The van der Waals surface area contributed by atoms with Crippen molar-refractivity contribution in [3.8, 4) is 5.69 Å². The van der Waals surface area contributed by atoms with Crippen molar-refractivity contribution in [1.82, 2.24) is 14.9 Å². The van der Waals surface area contributed by atoms with Gasteiger partial charge in [0.05, 0.1) is 18.4 Å². The van der Waals surface area contributed by atoms with E-state index >= 15 is 0 Å². The Labute approximate surface area is 224 Å². The second kappa shape index (κ2) is 11.9. The van der Waals surface area contributed by atoms with E-state index in [0.29, 0.717) is 34.3 Å². The van der Waals surface area contributed by atoms with Crippen LogP contribution in [0.4, 0.5) is 27.7 Å². The summed E-state index contributed by atoms with van der Waals surface area (Å²) in [7, 11) is 1.33. The number of hydrogen-bond acceptors (Lipinski definition) is 6. The lowest BCUT2D eigenvalue weighted by atomic mass is 10.2. The molecule has 11 heteroatoms. The van der Waals surface area contributed by atoms with Crippen LogP contribution in [0.2, 0.25) is 5.02 Å². The van der Waals surface area contributed by atoms with Crippen LogP contribution in [0.3, 0.4) is 0 Å². The molecule has 0 aliphatic carbocycles. The number of urea groups is 1. The van der Waals surface area contributed by atoms with Crippen LogP contribution >= 0.6 is 11.6 Å². The highest BCUT2D eigenvalue weighted by Gasteiger charge is 2.16. The molecule has 0 saturated heterocycles. The topological polar surface area (TPSA) is 126 Å². The number of carbonyl (C=O) groups is 3. The quantitative estimate of drug-likeness (QED) is 0.223. The zero-order valence-corrected chi connectivity index (χ0v) is 21.4. The minimum Gasteiger partial charge on any atom is -0.464 e. The van der Waals surface area contributed by atoms with Gasteiger partial charge in [-0.25, -0.2) is 14.6 Å². The van der Waals surface area contributed by atoms with Gasteiger partial charge >= 0.3 is 12.0 Å². The number of benzene rings is 2. The maximum absolute atomic E-state index is 13.2. The molecule has 2 aromatic carbocycles. The summed E-state index contributed by atoms with van der Waals surface area (Å²) >= 11 is 5.99. The fourth-order valence-electron chi connectivity index (χ4n) is 3.60. The summed E-state index contributed by atoms with van der Waals surface area (Å²) in [6, 6.07) is 18.5. The van der Waals surface area contributed by atoms with E-state index in [0.717, 1.165) is 5.69 Å². The number of amides is 3.